The first kappa shape index (κ1) is 26.8. The third-order valence-corrected chi connectivity index (χ3v) is 7.54. The Kier molecular flexibility index (Phi) is 6.86. The Morgan fingerprint density at radius 1 is 1.10 bits per heavy atom. The van der Waals surface area contributed by atoms with E-state index >= 15 is 0 Å². The molecule has 1 fully saturated rings. The normalized spacial score (nSPS) is 15.3. The molecule has 6 rings (SSSR count). The minimum Gasteiger partial charge on any atom is -0.343 e. The van der Waals surface area contributed by atoms with E-state index in [2.05, 4.69) is 53.2 Å². The molecular formula is C29H35N11O. The van der Waals surface area contributed by atoms with Gasteiger partial charge in [-0.1, -0.05) is 12.1 Å². The summed E-state index contributed by atoms with van der Waals surface area (Å²) in [6, 6.07) is 8.28. The monoisotopic (exact) mass is 553 g/mol. The maximum atomic E-state index is 12.8. The molecule has 1 aliphatic heterocycles. The fraction of sp³-hybridized carbons (Fsp3) is 0.414. The molecule has 0 saturated carbocycles. The van der Waals surface area contributed by atoms with Crippen LogP contribution in [0.25, 0.3) is 28.0 Å². The van der Waals surface area contributed by atoms with Crippen LogP contribution >= 0.6 is 0 Å². The van der Waals surface area contributed by atoms with Gasteiger partial charge in [-0.25, -0.2) is 9.50 Å². The molecule has 212 valence electrons. The molecule has 0 bridgehead atoms. The predicted molar refractivity (Wildman–Crippen MR) is 154 cm³/mol. The first-order valence-electron chi connectivity index (χ1n) is 14.0. The molecule has 1 atom stereocenters. The highest BCUT2D eigenvalue weighted by molar-refractivity contribution is 5.90. The van der Waals surface area contributed by atoms with Crippen LogP contribution in [0.5, 0.6) is 0 Å². The topological polar surface area (TPSA) is 133 Å². The first-order valence-corrected chi connectivity index (χ1v) is 14.0. The molecule has 12 nitrogen and oxygen atoms in total. The number of hydrogen-bond donors (Lipinski definition) is 2. The minimum absolute atomic E-state index is 0.0497. The van der Waals surface area contributed by atoms with E-state index < -0.39 is 0 Å². The van der Waals surface area contributed by atoms with E-state index in [1.54, 1.807) is 6.20 Å². The lowest BCUT2D eigenvalue weighted by molar-refractivity contribution is 0.0928. The number of nitrogens with one attached hydrogen (secondary N) is 2. The van der Waals surface area contributed by atoms with Crippen molar-refractivity contribution in [1.29, 1.82) is 0 Å². The van der Waals surface area contributed by atoms with Crippen molar-refractivity contribution < 1.29 is 4.79 Å². The molecule has 0 spiro atoms. The average Bonchev–Trinajstić information content (AvgIpc) is 3.73. The molecule has 41 heavy (non-hydrogen) atoms. The maximum absolute atomic E-state index is 12.8. The van der Waals surface area contributed by atoms with E-state index in [1.807, 2.05) is 69.7 Å². The Morgan fingerprint density at radius 3 is 2.63 bits per heavy atom. The molecule has 2 N–H and O–H groups in total. The van der Waals surface area contributed by atoms with Gasteiger partial charge >= 0.3 is 0 Å². The summed E-state index contributed by atoms with van der Waals surface area (Å²) in [5.41, 5.74) is 6.17. The second kappa shape index (κ2) is 10.5. The number of fused-ring (bicyclic) bond motifs is 1. The van der Waals surface area contributed by atoms with Crippen molar-refractivity contribution in [3.8, 4) is 22.5 Å². The van der Waals surface area contributed by atoms with Gasteiger partial charge in [-0.15, -0.1) is 10.2 Å². The Labute approximate surface area is 238 Å². The fourth-order valence-electron chi connectivity index (χ4n) is 5.26. The molecule has 0 radical (unpaired) electrons. The molecule has 4 aromatic heterocycles. The number of nitrogens with zero attached hydrogens (tertiary/aromatic N) is 9. The number of aromatic nitrogens is 9. The molecule has 1 aliphatic rings. The Morgan fingerprint density at radius 2 is 1.90 bits per heavy atom. The van der Waals surface area contributed by atoms with Gasteiger partial charge in [-0.3, -0.25) is 9.48 Å². The zero-order chi connectivity index (χ0) is 28.7. The molecule has 0 aliphatic carbocycles. The van der Waals surface area contributed by atoms with E-state index in [-0.39, 0.29) is 23.3 Å². The summed E-state index contributed by atoms with van der Waals surface area (Å²) in [6.07, 6.45) is 9.84. The van der Waals surface area contributed by atoms with Gasteiger partial charge in [-0.05, 0) is 89.0 Å². The molecule has 12 heteroatoms. The van der Waals surface area contributed by atoms with Crippen LogP contribution in [0.3, 0.4) is 0 Å². The van der Waals surface area contributed by atoms with Gasteiger partial charge in [0, 0.05) is 17.3 Å². The molecule has 1 amide bonds. The van der Waals surface area contributed by atoms with Gasteiger partial charge in [0.15, 0.2) is 0 Å². The second-order valence-corrected chi connectivity index (χ2v) is 11.7. The van der Waals surface area contributed by atoms with Crippen molar-refractivity contribution in [2.45, 2.75) is 65.1 Å². The van der Waals surface area contributed by atoms with Crippen molar-refractivity contribution in [2.75, 3.05) is 13.1 Å². The smallest absolute Gasteiger partial charge is 0.293 e. The summed E-state index contributed by atoms with van der Waals surface area (Å²) in [5.74, 6) is -0.314. The number of amides is 1. The number of tetrazole rings is 1. The van der Waals surface area contributed by atoms with Gasteiger partial charge in [0.25, 0.3) is 11.7 Å². The molecule has 5 aromatic rings. The SMILES string of the molecule is Cc1cc(-c2nc(-c3cnn(C4CCNCC4)c3)cn3nccc23)ccc1[C@@H](C)NC(=O)c1nnn(C(C)(C)C)n1. The lowest BCUT2D eigenvalue weighted by Crippen LogP contribution is -2.29. The highest BCUT2D eigenvalue weighted by atomic mass is 16.2. The lowest BCUT2D eigenvalue weighted by atomic mass is 9.98. The summed E-state index contributed by atoms with van der Waals surface area (Å²) in [4.78, 5) is 19.4. The Bertz CT molecular complexity index is 1700. The standard InChI is InChI=1S/C29H35N11O/c1-18-14-20(6-7-23(18)19(2)33-28(41)27-35-37-40(36-27)29(3,4)5)26-25-10-13-31-39(25)17-24(34-26)21-15-32-38(16-21)22-8-11-30-12-9-22/h6-7,10,13-17,19,22,30H,8-9,11-12H2,1-5H3,(H,33,41)/t19-/m1/s1. The highest BCUT2D eigenvalue weighted by Crippen LogP contribution is 2.30. The fourth-order valence-corrected chi connectivity index (χ4v) is 5.26. The molecule has 1 saturated heterocycles. The first-order chi connectivity index (χ1) is 19.7. The van der Waals surface area contributed by atoms with Crippen molar-refractivity contribution in [1.82, 2.24) is 55.2 Å². The predicted octanol–water partition coefficient (Wildman–Crippen LogP) is 3.73. The number of carbonyl (C=O) groups excluding carboxylic acids is 1. The van der Waals surface area contributed by atoms with Gasteiger partial charge in [-0.2, -0.15) is 15.0 Å². The van der Waals surface area contributed by atoms with Crippen LogP contribution in [-0.4, -0.2) is 63.6 Å². The number of hydrogen-bond acceptors (Lipinski definition) is 8. The summed E-state index contributed by atoms with van der Waals surface area (Å²) < 4.78 is 3.93. The van der Waals surface area contributed by atoms with Crippen LogP contribution in [0.2, 0.25) is 0 Å². The Hall–Kier alpha value is -4.45. The number of benzene rings is 1. The van der Waals surface area contributed by atoms with E-state index in [0.29, 0.717) is 6.04 Å². The minimum atomic E-state index is -0.364. The molecule has 0 unspecified atom stereocenters. The van der Waals surface area contributed by atoms with Crippen LogP contribution < -0.4 is 10.6 Å². The van der Waals surface area contributed by atoms with Crippen LogP contribution in [0, 0.1) is 6.92 Å². The van der Waals surface area contributed by atoms with Crippen LogP contribution in [0.4, 0.5) is 0 Å². The number of carbonyl (C=O) groups is 1. The number of piperidine rings is 1. The summed E-state index contributed by atoms with van der Waals surface area (Å²) in [7, 11) is 0. The largest absolute Gasteiger partial charge is 0.343 e. The molecule has 1 aromatic carbocycles. The van der Waals surface area contributed by atoms with Crippen LogP contribution in [0.1, 0.15) is 74.4 Å². The van der Waals surface area contributed by atoms with Crippen LogP contribution in [0.15, 0.2) is 49.1 Å². The summed E-state index contributed by atoms with van der Waals surface area (Å²) in [6.45, 7) is 11.9. The quantitative estimate of drug-likeness (QED) is 0.325. The molecule has 5 heterocycles. The number of aryl methyl sites for hydroxylation is 1. The summed E-state index contributed by atoms with van der Waals surface area (Å²) in [5, 5.41) is 27.8. The Balaban J connectivity index is 1.26. The maximum Gasteiger partial charge on any atom is 0.293 e. The van der Waals surface area contributed by atoms with E-state index in [9.17, 15) is 4.79 Å². The highest BCUT2D eigenvalue weighted by Gasteiger charge is 2.23. The van der Waals surface area contributed by atoms with Crippen LogP contribution in [-0.2, 0) is 5.54 Å². The zero-order valence-electron chi connectivity index (χ0n) is 24.0. The third-order valence-electron chi connectivity index (χ3n) is 7.54. The number of rotatable bonds is 6. The van der Waals surface area contributed by atoms with Crippen molar-refractivity contribution >= 4 is 11.4 Å². The molecular weight excluding hydrogens is 518 g/mol. The lowest BCUT2D eigenvalue weighted by Gasteiger charge is -2.22. The van der Waals surface area contributed by atoms with Gasteiger partial charge < -0.3 is 10.6 Å². The second-order valence-electron chi connectivity index (χ2n) is 11.7. The van der Waals surface area contributed by atoms with Crippen molar-refractivity contribution in [3.63, 3.8) is 0 Å². The van der Waals surface area contributed by atoms with E-state index in [1.165, 1.54) is 4.80 Å². The average molecular weight is 554 g/mol. The van der Waals surface area contributed by atoms with Gasteiger partial charge in [0.1, 0.15) is 0 Å². The van der Waals surface area contributed by atoms with E-state index in [0.717, 1.165) is 65.1 Å². The summed E-state index contributed by atoms with van der Waals surface area (Å²) >= 11 is 0. The van der Waals surface area contributed by atoms with Crippen molar-refractivity contribution in [2.24, 2.45) is 0 Å². The van der Waals surface area contributed by atoms with Crippen molar-refractivity contribution in [3.05, 3.63) is 66.0 Å². The van der Waals surface area contributed by atoms with Gasteiger partial charge in [0.2, 0.25) is 0 Å². The van der Waals surface area contributed by atoms with E-state index in [4.69, 9.17) is 4.98 Å². The zero-order valence-corrected chi connectivity index (χ0v) is 24.0. The third kappa shape index (κ3) is 5.34. The van der Waals surface area contributed by atoms with Gasteiger partial charge in [0.05, 0.1) is 53.1 Å².